The largest absolute Gasteiger partial charge is 0.342 e. The van der Waals surface area contributed by atoms with Crippen LogP contribution in [-0.4, -0.2) is 30.6 Å². The Labute approximate surface area is 151 Å². The smallest absolute Gasteiger partial charge is 0.325 e. The van der Waals surface area contributed by atoms with Crippen molar-refractivity contribution in [2.75, 3.05) is 18.5 Å². The summed E-state index contributed by atoms with van der Waals surface area (Å²) in [6.45, 7) is 6.39. The number of nitrogens with one attached hydrogen (secondary N) is 1. The van der Waals surface area contributed by atoms with Crippen LogP contribution in [0.4, 0.5) is 14.5 Å². The molecular formula is C17H24F2NO5P. The van der Waals surface area contributed by atoms with Crippen LogP contribution in [0.3, 0.4) is 0 Å². The van der Waals surface area contributed by atoms with E-state index in [4.69, 9.17) is 9.05 Å². The fourth-order valence-electron chi connectivity index (χ4n) is 2.23. The summed E-state index contributed by atoms with van der Waals surface area (Å²) in [6.07, 6.45) is -2.66. The number of benzene rings is 1. The van der Waals surface area contributed by atoms with E-state index in [0.717, 1.165) is 12.1 Å². The van der Waals surface area contributed by atoms with E-state index in [1.54, 1.807) is 20.8 Å². The third kappa shape index (κ3) is 5.69. The van der Waals surface area contributed by atoms with Crippen LogP contribution in [0.1, 0.15) is 56.5 Å². The Hall–Kier alpha value is -1.63. The number of rotatable bonds is 10. The lowest BCUT2D eigenvalue weighted by Gasteiger charge is -2.22. The highest BCUT2D eigenvalue weighted by Crippen LogP contribution is 2.53. The summed E-state index contributed by atoms with van der Waals surface area (Å²) in [5.74, 6) is -1.04. The molecule has 0 aliphatic heterocycles. The molecule has 0 fully saturated rings. The number of carbonyl (C=O) groups excluding carboxylic acids is 2. The van der Waals surface area contributed by atoms with Crippen molar-refractivity contribution in [3.05, 3.63) is 29.3 Å². The first-order valence-corrected chi connectivity index (χ1v) is 9.95. The van der Waals surface area contributed by atoms with E-state index >= 15 is 0 Å². The second kappa shape index (κ2) is 9.90. The molecule has 0 spiro atoms. The molecule has 9 heteroatoms. The second-order valence-corrected chi connectivity index (χ2v) is 7.83. The highest BCUT2D eigenvalue weighted by atomic mass is 31.2. The summed E-state index contributed by atoms with van der Waals surface area (Å²) in [5.41, 5.74) is -1.44. The van der Waals surface area contributed by atoms with Crippen LogP contribution in [0.15, 0.2) is 18.2 Å². The molecular weight excluding hydrogens is 367 g/mol. The summed E-state index contributed by atoms with van der Waals surface area (Å²) < 4.78 is 49.1. The van der Waals surface area contributed by atoms with Gasteiger partial charge in [0, 0.05) is 23.2 Å². The zero-order chi connectivity index (χ0) is 19.9. The van der Waals surface area contributed by atoms with Crippen molar-refractivity contribution >= 4 is 25.0 Å². The summed E-state index contributed by atoms with van der Waals surface area (Å²) in [4.78, 5) is 24.3. The molecule has 1 amide bonds. The van der Waals surface area contributed by atoms with Gasteiger partial charge in [0.05, 0.1) is 13.2 Å². The average Bonchev–Trinajstić information content (AvgIpc) is 2.60. The minimum absolute atomic E-state index is 0.0241. The van der Waals surface area contributed by atoms with Crippen LogP contribution in [-0.2, 0) is 18.4 Å². The van der Waals surface area contributed by atoms with Gasteiger partial charge in [0.25, 0.3) is 6.43 Å². The SMILES string of the molecule is CCOP(=O)(OCC)C(C)C(=O)Nc1cc(C(=O)CC)cc(C(F)F)c1. The Balaban J connectivity index is 3.12. The molecule has 0 heterocycles. The lowest BCUT2D eigenvalue weighted by molar-refractivity contribution is -0.116. The van der Waals surface area contributed by atoms with E-state index in [1.807, 2.05) is 0 Å². The number of carbonyl (C=O) groups is 2. The van der Waals surface area contributed by atoms with Crippen LogP contribution in [0.25, 0.3) is 0 Å². The van der Waals surface area contributed by atoms with E-state index in [9.17, 15) is 22.9 Å². The van der Waals surface area contributed by atoms with Crippen LogP contribution < -0.4 is 5.32 Å². The second-order valence-electron chi connectivity index (χ2n) is 5.46. The Morgan fingerprint density at radius 2 is 1.69 bits per heavy atom. The quantitative estimate of drug-likeness (QED) is 0.457. The van der Waals surface area contributed by atoms with Crippen molar-refractivity contribution in [3.8, 4) is 0 Å². The normalized spacial score (nSPS) is 12.9. The number of ketones is 1. The highest BCUT2D eigenvalue weighted by Gasteiger charge is 2.37. The third-order valence-electron chi connectivity index (χ3n) is 3.59. The maximum Gasteiger partial charge on any atom is 0.342 e. The van der Waals surface area contributed by atoms with Gasteiger partial charge in [0.15, 0.2) is 5.78 Å². The molecule has 1 unspecified atom stereocenters. The molecule has 0 aliphatic carbocycles. The predicted octanol–water partition coefficient (Wildman–Crippen LogP) is 4.81. The summed E-state index contributed by atoms with van der Waals surface area (Å²) in [5, 5.41) is 2.42. The molecule has 1 aromatic carbocycles. The number of anilines is 1. The van der Waals surface area contributed by atoms with E-state index in [-0.39, 0.29) is 42.2 Å². The van der Waals surface area contributed by atoms with Crippen molar-refractivity contribution in [3.63, 3.8) is 0 Å². The molecule has 26 heavy (non-hydrogen) atoms. The minimum Gasteiger partial charge on any atom is -0.325 e. The molecule has 1 rings (SSSR count). The maximum atomic E-state index is 13.1. The Morgan fingerprint density at radius 3 is 2.15 bits per heavy atom. The van der Waals surface area contributed by atoms with Crippen LogP contribution >= 0.6 is 7.60 Å². The number of Topliss-reactive ketones (excluding diaryl/α,β-unsaturated/α-hetero) is 1. The first-order chi connectivity index (χ1) is 12.2. The van der Waals surface area contributed by atoms with Crippen molar-refractivity contribution in [2.24, 2.45) is 0 Å². The van der Waals surface area contributed by atoms with Gasteiger partial charge in [-0.3, -0.25) is 14.2 Å². The first-order valence-electron chi connectivity index (χ1n) is 8.34. The Bertz CT molecular complexity index is 686. The predicted molar refractivity (Wildman–Crippen MR) is 95.0 cm³/mol. The number of amides is 1. The molecule has 1 aromatic rings. The molecule has 0 aromatic heterocycles. The lowest BCUT2D eigenvalue weighted by atomic mass is 10.0. The molecule has 146 valence electrons. The molecule has 0 aliphatic rings. The number of halogens is 2. The molecule has 0 saturated carbocycles. The first kappa shape index (κ1) is 22.4. The monoisotopic (exact) mass is 391 g/mol. The third-order valence-corrected chi connectivity index (χ3v) is 6.01. The van der Waals surface area contributed by atoms with Gasteiger partial charge < -0.3 is 14.4 Å². The van der Waals surface area contributed by atoms with Crippen molar-refractivity contribution in [2.45, 2.75) is 46.2 Å². The van der Waals surface area contributed by atoms with Crippen molar-refractivity contribution in [1.82, 2.24) is 0 Å². The fourth-order valence-corrected chi connectivity index (χ4v) is 3.82. The topological polar surface area (TPSA) is 81.7 Å². The Morgan fingerprint density at radius 1 is 1.12 bits per heavy atom. The molecule has 1 N–H and O–H groups in total. The number of hydrogen-bond acceptors (Lipinski definition) is 5. The lowest BCUT2D eigenvalue weighted by Crippen LogP contribution is -2.27. The molecule has 0 bridgehead atoms. The highest BCUT2D eigenvalue weighted by molar-refractivity contribution is 7.55. The molecule has 0 radical (unpaired) electrons. The molecule has 6 nitrogen and oxygen atoms in total. The van der Waals surface area contributed by atoms with Crippen LogP contribution in [0, 0.1) is 0 Å². The van der Waals surface area contributed by atoms with Crippen LogP contribution in [0.5, 0.6) is 0 Å². The van der Waals surface area contributed by atoms with Gasteiger partial charge in [-0.15, -0.1) is 0 Å². The van der Waals surface area contributed by atoms with Crippen molar-refractivity contribution in [1.29, 1.82) is 0 Å². The zero-order valence-electron chi connectivity index (χ0n) is 15.3. The van der Waals surface area contributed by atoms with Gasteiger partial charge in [-0.1, -0.05) is 6.92 Å². The number of alkyl halides is 2. The van der Waals surface area contributed by atoms with Gasteiger partial charge >= 0.3 is 7.60 Å². The van der Waals surface area contributed by atoms with Gasteiger partial charge in [0.1, 0.15) is 5.66 Å². The van der Waals surface area contributed by atoms with E-state index < -0.39 is 25.6 Å². The average molecular weight is 391 g/mol. The van der Waals surface area contributed by atoms with Gasteiger partial charge in [-0.2, -0.15) is 0 Å². The molecule has 0 saturated heterocycles. The number of hydrogen-bond donors (Lipinski definition) is 1. The Kier molecular flexibility index (Phi) is 8.53. The summed E-state index contributed by atoms with van der Waals surface area (Å²) >= 11 is 0. The van der Waals surface area contributed by atoms with Gasteiger partial charge in [-0.25, -0.2) is 8.78 Å². The molecule has 1 atom stereocenters. The summed E-state index contributed by atoms with van der Waals surface area (Å²) in [7, 11) is -3.70. The standard InChI is InChI=1S/C17H24F2NO5P/c1-5-15(21)12-8-13(16(18)19)10-14(9-12)20-17(22)11(4)26(23,24-6-2)25-7-3/h8-11,16H,5-7H2,1-4H3,(H,20,22). The van der Waals surface area contributed by atoms with E-state index in [1.165, 1.54) is 13.0 Å². The van der Waals surface area contributed by atoms with E-state index in [2.05, 4.69) is 5.32 Å². The van der Waals surface area contributed by atoms with Crippen LogP contribution in [0.2, 0.25) is 0 Å². The van der Waals surface area contributed by atoms with Gasteiger partial charge in [0.2, 0.25) is 5.91 Å². The van der Waals surface area contributed by atoms with Gasteiger partial charge in [-0.05, 0) is 39.0 Å². The van der Waals surface area contributed by atoms with Crippen molar-refractivity contribution < 1.29 is 32.0 Å². The fraction of sp³-hybridized carbons (Fsp3) is 0.529. The zero-order valence-corrected chi connectivity index (χ0v) is 16.1. The summed E-state index contributed by atoms with van der Waals surface area (Å²) in [6, 6.07) is 3.49. The minimum atomic E-state index is -3.70. The maximum absolute atomic E-state index is 13.1. The van der Waals surface area contributed by atoms with E-state index in [0.29, 0.717) is 0 Å².